The minimum atomic E-state index is -0.195. The van der Waals surface area contributed by atoms with Crippen LogP contribution in [0.25, 0.3) is 0 Å². The molecule has 0 aromatic heterocycles. The minimum absolute atomic E-state index is 0.0860. The van der Waals surface area contributed by atoms with Crippen molar-refractivity contribution in [1.82, 2.24) is 5.32 Å². The Bertz CT molecular complexity index is 526. The standard InChI is InChI=1S/C15H20ClN3O2/c1-10(2)14(5-6-20)18-9-15(21)19-12-4-3-11(8-17)13(16)7-12/h3-4,7,10,14,18,20H,5-6,9H2,1-2H3,(H,19,21). The van der Waals surface area contributed by atoms with Gasteiger partial charge in [0.2, 0.25) is 5.91 Å². The van der Waals surface area contributed by atoms with Gasteiger partial charge in [0.25, 0.3) is 0 Å². The predicted molar refractivity (Wildman–Crippen MR) is 83.1 cm³/mol. The first-order chi connectivity index (χ1) is 9.97. The highest BCUT2D eigenvalue weighted by Crippen LogP contribution is 2.20. The van der Waals surface area contributed by atoms with Crippen LogP contribution in [-0.2, 0) is 4.79 Å². The summed E-state index contributed by atoms with van der Waals surface area (Å²) in [5, 5.41) is 23.9. The molecule has 1 rings (SSSR count). The molecular formula is C15H20ClN3O2. The SMILES string of the molecule is CC(C)C(CCO)NCC(=O)Nc1ccc(C#N)c(Cl)c1. The van der Waals surface area contributed by atoms with Gasteiger partial charge >= 0.3 is 0 Å². The molecule has 114 valence electrons. The van der Waals surface area contributed by atoms with Crippen LogP contribution in [0.15, 0.2) is 18.2 Å². The lowest BCUT2D eigenvalue weighted by atomic mass is 10.0. The third kappa shape index (κ3) is 5.72. The molecule has 0 aliphatic heterocycles. The number of nitriles is 1. The summed E-state index contributed by atoms with van der Waals surface area (Å²) in [4.78, 5) is 11.9. The molecule has 0 heterocycles. The third-order valence-corrected chi connectivity index (χ3v) is 3.46. The number of rotatable bonds is 7. The van der Waals surface area contributed by atoms with E-state index < -0.39 is 0 Å². The van der Waals surface area contributed by atoms with E-state index in [0.717, 1.165) is 0 Å². The molecule has 21 heavy (non-hydrogen) atoms. The van der Waals surface area contributed by atoms with E-state index in [4.69, 9.17) is 22.0 Å². The van der Waals surface area contributed by atoms with Gasteiger partial charge < -0.3 is 15.7 Å². The van der Waals surface area contributed by atoms with Crippen LogP contribution in [0.5, 0.6) is 0 Å². The molecule has 0 fully saturated rings. The number of halogens is 1. The van der Waals surface area contributed by atoms with Gasteiger partial charge in [-0.05, 0) is 30.5 Å². The zero-order valence-electron chi connectivity index (χ0n) is 12.2. The number of nitrogens with zero attached hydrogens (tertiary/aromatic N) is 1. The predicted octanol–water partition coefficient (Wildman–Crippen LogP) is 2.15. The Morgan fingerprint density at radius 3 is 2.71 bits per heavy atom. The Balaban J connectivity index is 2.54. The molecule has 5 nitrogen and oxygen atoms in total. The van der Waals surface area contributed by atoms with Gasteiger partial charge in [0.05, 0.1) is 17.1 Å². The van der Waals surface area contributed by atoms with Crippen LogP contribution in [0.1, 0.15) is 25.8 Å². The van der Waals surface area contributed by atoms with E-state index in [2.05, 4.69) is 10.6 Å². The van der Waals surface area contributed by atoms with E-state index in [1.165, 1.54) is 0 Å². The molecule has 1 atom stereocenters. The van der Waals surface area contributed by atoms with Crippen LogP contribution < -0.4 is 10.6 Å². The molecule has 0 aliphatic carbocycles. The van der Waals surface area contributed by atoms with Crippen LogP contribution in [-0.4, -0.2) is 30.2 Å². The highest BCUT2D eigenvalue weighted by atomic mass is 35.5. The van der Waals surface area contributed by atoms with E-state index in [0.29, 0.717) is 28.6 Å². The molecule has 1 amide bonds. The fourth-order valence-electron chi connectivity index (χ4n) is 1.92. The van der Waals surface area contributed by atoms with Crippen molar-refractivity contribution >= 4 is 23.2 Å². The average molecular weight is 310 g/mol. The largest absolute Gasteiger partial charge is 0.396 e. The first-order valence-electron chi connectivity index (χ1n) is 6.81. The van der Waals surface area contributed by atoms with Gasteiger partial charge in [0, 0.05) is 18.3 Å². The maximum Gasteiger partial charge on any atom is 0.238 e. The average Bonchev–Trinajstić information content (AvgIpc) is 2.43. The molecule has 1 aromatic carbocycles. The van der Waals surface area contributed by atoms with Crippen molar-refractivity contribution in [3.63, 3.8) is 0 Å². The van der Waals surface area contributed by atoms with Gasteiger partial charge in [-0.25, -0.2) is 0 Å². The topological polar surface area (TPSA) is 85.2 Å². The van der Waals surface area contributed by atoms with E-state index in [1.807, 2.05) is 19.9 Å². The highest BCUT2D eigenvalue weighted by molar-refractivity contribution is 6.32. The number of anilines is 1. The molecule has 0 aliphatic rings. The number of nitrogens with one attached hydrogen (secondary N) is 2. The Morgan fingerprint density at radius 2 is 2.19 bits per heavy atom. The lowest BCUT2D eigenvalue weighted by Gasteiger charge is -2.21. The van der Waals surface area contributed by atoms with Gasteiger partial charge in [0.15, 0.2) is 0 Å². The second-order valence-electron chi connectivity index (χ2n) is 5.10. The maximum atomic E-state index is 11.9. The fourth-order valence-corrected chi connectivity index (χ4v) is 2.15. The van der Waals surface area contributed by atoms with Crippen LogP contribution in [0.4, 0.5) is 5.69 Å². The molecule has 1 unspecified atom stereocenters. The molecule has 0 saturated carbocycles. The summed E-state index contributed by atoms with van der Waals surface area (Å²) in [7, 11) is 0. The van der Waals surface area contributed by atoms with Crippen LogP contribution >= 0.6 is 11.6 Å². The van der Waals surface area contributed by atoms with E-state index in [-0.39, 0.29) is 25.1 Å². The van der Waals surface area contributed by atoms with Crippen molar-refractivity contribution in [3.05, 3.63) is 28.8 Å². The first kappa shape index (κ1) is 17.4. The molecule has 0 spiro atoms. The first-order valence-corrected chi connectivity index (χ1v) is 7.19. The molecule has 6 heteroatoms. The van der Waals surface area contributed by atoms with Crippen LogP contribution in [0, 0.1) is 17.2 Å². The minimum Gasteiger partial charge on any atom is -0.396 e. The van der Waals surface area contributed by atoms with Crippen molar-refractivity contribution in [2.45, 2.75) is 26.3 Å². The van der Waals surface area contributed by atoms with Gasteiger partial charge in [-0.1, -0.05) is 25.4 Å². The van der Waals surface area contributed by atoms with Gasteiger partial charge in [-0.2, -0.15) is 5.26 Å². The van der Waals surface area contributed by atoms with E-state index >= 15 is 0 Å². The van der Waals surface area contributed by atoms with Crippen molar-refractivity contribution in [1.29, 1.82) is 5.26 Å². The van der Waals surface area contributed by atoms with Crippen LogP contribution in [0.2, 0.25) is 5.02 Å². The maximum absolute atomic E-state index is 11.9. The van der Waals surface area contributed by atoms with Gasteiger partial charge in [0.1, 0.15) is 6.07 Å². The second kappa shape index (κ2) is 8.63. The fraction of sp³-hybridized carbons (Fsp3) is 0.467. The monoisotopic (exact) mass is 309 g/mol. The van der Waals surface area contributed by atoms with Gasteiger partial charge in [-0.3, -0.25) is 4.79 Å². The van der Waals surface area contributed by atoms with Crippen LogP contribution in [0.3, 0.4) is 0 Å². The molecule has 1 aromatic rings. The summed E-state index contributed by atoms with van der Waals surface area (Å²) in [5.41, 5.74) is 0.921. The lowest BCUT2D eigenvalue weighted by Crippen LogP contribution is -2.39. The zero-order chi connectivity index (χ0) is 15.8. The Kier molecular flexibility index (Phi) is 7.17. The molecule has 0 bridgehead atoms. The Morgan fingerprint density at radius 1 is 1.48 bits per heavy atom. The number of hydrogen-bond acceptors (Lipinski definition) is 4. The van der Waals surface area contributed by atoms with Crippen molar-refractivity contribution in [2.24, 2.45) is 5.92 Å². The number of aliphatic hydroxyl groups is 1. The van der Waals surface area contributed by atoms with Gasteiger partial charge in [-0.15, -0.1) is 0 Å². The summed E-state index contributed by atoms with van der Waals surface area (Å²) in [6, 6.07) is 6.80. The highest BCUT2D eigenvalue weighted by Gasteiger charge is 2.13. The summed E-state index contributed by atoms with van der Waals surface area (Å²) in [6.07, 6.45) is 0.605. The van der Waals surface area contributed by atoms with E-state index in [9.17, 15) is 4.79 Å². The van der Waals surface area contributed by atoms with Crippen molar-refractivity contribution in [2.75, 3.05) is 18.5 Å². The molecule has 3 N–H and O–H groups in total. The summed E-state index contributed by atoms with van der Waals surface area (Å²) in [6.45, 7) is 4.31. The second-order valence-corrected chi connectivity index (χ2v) is 5.51. The number of amides is 1. The quantitative estimate of drug-likeness (QED) is 0.720. The normalized spacial score (nSPS) is 12.0. The van der Waals surface area contributed by atoms with Crippen molar-refractivity contribution in [3.8, 4) is 6.07 Å². The number of carbonyl (C=O) groups excluding carboxylic acids is 1. The summed E-state index contributed by atoms with van der Waals surface area (Å²) >= 11 is 5.91. The number of hydrogen-bond donors (Lipinski definition) is 3. The summed E-state index contributed by atoms with van der Waals surface area (Å²) < 4.78 is 0. The number of carbonyl (C=O) groups is 1. The molecular weight excluding hydrogens is 290 g/mol. The zero-order valence-corrected chi connectivity index (χ0v) is 12.9. The summed E-state index contributed by atoms with van der Waals surface area (Å²) in [5.74, 6) is 0.133. The smallest absolute Gasteiger partial charge is 0.238 e. The Hall–Kier alpha value is -1.61. The number of aliphatic hydroxyl groups excluding tert-OH is 1. The Labute approximate surface area is 129 Å². The third-order valence-electron chi connectivity index (χ3n) is 3.14. The van der Waals surface area contributed by atoms with E-state index in [1.54, 1.807) is 18.2 Å². The molecule has 0 saturated heterocycles. The van der Waals surface area contributed by atoms with Crippen molar-refractivity contribution < 1.29 is 9.90 Å². The number of benzene rings is 1. The lowest BCUT2D eigenvalue weighted by molar-refractivity contribution is -0.115. The molecule has 0 radical (unpaired) electrons.